The third kappa shape index (κ3) is 5.92. The van der Waals surface area contributed by atoms with Crippen LogP contribution in [-0.4, -0.2) is 12.5 Å². The molecule has 1 aromatic rings. The van der Waals surface area contributed by atoms with Crippen molar-refractivity contribution in [3.05, 3.63) is 29.6 Å². The van der Waals surface area contributed by atoms with E-state index in [9.17, 15) is 9.18 Å². The topological polar surface area (TPSA) is 78.9 Å². The van der Waals surface area contributed by atoms with Crippen molar-refractivity contribution in [2.24, 2.45) is 11.7 Å². The minimum absolute atomic E-state index is 0.135. The molecule has 114 valence electrons. The van der Waals surface area contributed by atoms with Gasteiger partial charge in [0, 0.05) is 6.42 Å². The van der Waals surface area contributed by atoms with Crippen molar-refractivity contribution in [1.82, 2.24) is 0 Å². The van der Waals surface area contributed by atoms with Crippen LogP contribution < -0.4 is 11.1 Å². The first kappa shape index (κ1) is 17.1. The molecule has 1 unspecified atom stereocenters. The highest BCUT2D eigenvalue weighted by Crippen LogP contribution is 2.19. The average Bonchev–Trinajstić information content (AvgIpc) is 2.47. The number of halogens is 1. The van der Waals surface area contributed by atoms with E-state index in [0.717, 1.165) is 31.7 Å². The number of amides is 1. The van der Waals surface area contributed by atoms with Crippen LogP contribution in [0.2, 0.25) is 0 Å². The zero-order valence-corrected chi connectivity index (χ0v) is 12.4. The third-order valence-corrected chi connectivity index (χ3v) is 3.43. The highest BCUT2D eigenvalue weighted by Gasteiger charge is 2.12. The summed E-state index contributed by atoms with van der Waals surface area (Å²) in [5.41, 5.74) is 6.06. The van der Waals surface area contributed by atoms with Crippen molar-refractivity contribution in [3.63, 3.8) is 0 Å². The molecule has 1 rings (SSSR count). The number of hydrogen-bond acceptors (Lipinski definition) is 3. The van der Waals surface area contributed by atoms with E-state index in [1.165, 1.54) is 12.1 Å². The number of carbonyl (C=O) groups is 1. The lowest BCUT2D eigenvalue weighted by Crippen LogP contribution is -2.16. The van der Waals surface area contributed by atoms with E-state index in [2.05, 4.69) is 12.2 Å². The first-order valence-corrected chi connectivity index (χ1v) is 7.30. The molecule has 0 heterocycles. The summed E-state index contributed by atoms with van der Waals surface area (Å²) in [7, 11) is 0. The number of nitriles is 1. The molecule has 0 aliphatic rings. The first-order chi connectivity index (χ1) is 10.1. The van der Waals surface area contributed by atoms with Crippen LogP contribution in [0, 0.1) is 23.1 Å². The first-order valence-electron chi connectivity index (χ1n) is 7.30. The summed E-state index contributed by atoms with van der Waals surface area (Å²) in [5.74, 6) is -0.193. The molecule has 0 aromatic heterocycles. The van der Waals surface area contributed by atoms with Crippen molar-refractivity contribution in [1.29, 1.82) is 5.26 Å². The van der Waals surface area contributed by atoms with Crippen molar-refractivity contribution >= 4 is 11.6 Å². The lowest BCUT2D eigenvalue weighted by Gasteiger charge is -2.15. The van der Waals surface area contributed by atoms with Gasteiger partial charge in [0.25, 0.3) is 0 Å². The van der Waals surface area contributed by atoms with Gasteiger partial charge in [-0.2, -0.15) is 5.26 Å². The molecule has 1 amide bonds. The van der Waals surface area contributed by atoms with Crippen LogP contribution in [-0.2, 0) is 4.79 Å². The average molecular weight is 291 g/mol. The maximum absolute atomic E-state index is 13.0. The summed E-state index contributed by atoms with van der Waals surface area (Å²) in [4.78, 5) is 11.9. The number of nitrogens with zero attached hydrogens (tertiary/aromatic N) is 1. The Hall–Kier alpha value is -1.93. The van der Waals surface area contributed by atoms with Crippen LogP contribution in [0.1, 0.15) is 44.6 Å². The van der Waals surface area contributed by atoms with Gasteiger partial charge in [0.05, 0.1) is 11.3 Å². The van der Waals surface area contributed by atoms with Crippen LogP contribution in [0.15, 0.2) is 18.2 Å². The van der Waals surface area contributed by atoms with E-state index >= 15 is 0 Å². The Kier molecular flexibility index (Phi) is 7.41. The molecule has 21 heavy (non-hydrogen) atoms. The van der Waals surface area contributed by atoms with E-state index in [-0.39, 0.29) is 11.5 Å². The molecule has 0 bridgehead atoms. The number of hydrogen-bond donors (Lipinski definition) is 2. The molecule has 0 spiro atoms. The molecule has 1 aromatic carbocycles. The fraction of sp³-hybridized carbons (Fsp3) is 0.500. The molecule has 0 aliphatic heterocycles. The van der Waals surface area contributed by atoms with Gasteiger partial charge < -0.3 is 11.1 Å². The Balaban J connectivity index is 2.56. The van der Waals surface area contributed by atoms with Gasteiger partial charge in [0.15, 0.2) is 0 Å². The number of anilines is 1. The van der Waals surface area contributed by atoms with Gasteiger partial charge in [-0.25, -0.2) is 4.39 Å². The smallest absolute Gasteiger partial charge is 0.224 e. The second-order valence-electron chi connectivity index (χ2n) is 5.12. The third-order valence-electron chi connectivity index (χ3n) is 3.43. The van der Waals surface area contributed by atoms with Gasteiger partial charge in [-0.05, 0) is 43.5 Å². The largest absolute Gasteiger partial charge is 0.330 e. The molecule has 1 atom stereocenters. The van der Waals surface area contributed by atoms with E-state index in [1.54, 1.807) is 0 Å². The summed E-state index contributed by atoms with van der Waals surface area (Å²) in [6, 6.07) is 5.63. The van der Waals surface area contributed by atoms with Gasteiger partial charge in [0.1, 0.15) is 11.9 Å². The summed E-state index contributed by atoms with van der Waals surface area (Å²) in [5, 5.41) is 11.6. The quantitative estimate of drug-likeness (QED) is 0.772. The molecule has 0 aliphatic carbocycles. The van der Waals surface area contributed by atoms with Crippen LogP contribution in [0.4, 0.5) is 10.1 Å². The lowest BCUT2D eigenvalue weighted by atomic mass is 9.94. The Morgan fingerprint density at radius 2 is 2.19 bits per heavy atom. The number of nitrogens with two attached hydrogens (primary N) is 1. The van der Waals surface area contributed by atoms with Crippen LogP contribution in [0.25, 0.3) is 0 Å². The number of benzene rings is 1. The zero-order valence-electron chi connectivity index (χ0n) is 12.4. The van der Waals surface area contributed by atoms with E-state index < -0.39 is 5.82 Å². The van der Waals surface area contributed by atoms with Crippen molar-refractivity contribution in [2.75, 3.05) is 11.9 Å². The van der Waals surface area contributed by atoms with E-state index in [0.29, 0.717) is 24.6 Å². The maximum Gasteiger partial charge on any atom is 0.224 e. The number of rotatable bonds is 8. The summed E-state index contributed by atoms with van der Waals surface area (Å²) < 4.78 is 13.0. The van der Waals surface area contributed by atoms with Crippen molar-refractivity contribution in [3.8, 4) is 6.07 Å². The number of carbonyl (C=O) groups excluding carboxylic acids is 1. The summed E-state index contributed by atoms with van der Waals surface area (Å²) in [6.45, 7) is 2.74. The second-order valence-corrected chi connectivity index (χ2v) is 5.12. The normalized spacial score (nSPS) is 11.7. The van der Waals surface area contributed by atoms with Gasteiger partial charge in [-0.3, -0.25) is 4.79 Å². The van der Waals surface area contributed by atoms with E-state index in [4.69, 9.17) is 11.0 Å². The Bertz CT molecular complexity index is 505. The van der Waals surface area contributed by atoms with Crippen LogP contribution in [0.3, 0.4) is 0 Å². The van der Waals surface area contributed by atoms with Crippen molar-refractivity contribution < 1.29 is 9.18 Å². The predicted octanol–water partition coefficient (Wildman–Crippen LogP) is 3.18. The second kappa shape index (κ2) is 9.09. The molecule has 0 radical (unpaired) electrons. The van der Waals surface area contributed by atoms with Gasteiger partial charge in [-0.1, -0.05) is 19.8 Å². The highest BCUT2D eigenvalue weighted by molar-refractivity contribution is 5.92. The van der Waals surface area contributed by atoms with Gasteiger partial charge >= 0.3 is 0 Å². The van der Waals surface area contributed by atoms with E-state index in [1.807, 2.05) is 6.07 Å². The monoisotopic (exact) mass is 291 g/mol. The fourth-order valence-electron chi connectivity index (χ4n) is 2.34. The number of nitrogens with one attached hydrogen (secondary N) is 1. The Morgan fingerprint density at radius 1 is 1.43 bits per heavy atom. The highest BCUT2D eigenvalue weighted by atomic mass is 19.1. The van der Waals surface area contributed by atoms with Crippen LogP contribution >= 0.6 is 0 Å². The Labute approximate surface area is 125 Å². The minimum atomic E-state index is -0.490. The molecular formula is C16H22FN3O. The predicted molar refractivity (Wildman–Crippen MR) is 81.0 cm³/mol. The molecular weight excluding hydrogens is 269 g/mol. The fourth-order valence-corrected chi connectivity index (χ4v) is 2.34. The molecule has 3 N–H and O–H groups in total. The van der Waals surface area contributed by atoms with Gasteiger partial charge in [0.2, 0.25) is 5.91 Å². The Morgan fingerprint density at radius 3 is 2.81 bits per heavy atom. The molecule has 0 saturated carbocycles. The molecule has 0 saturated heterocycles. The summed E-state index contributed by atoms with van der Waals surface area (Å²) in [6.07, 6.45) is 4.21. The minimum Gasteiger partial charge on any atom is -0.330 e. The van der Waals surface area contributed by atoms with Crippen LogP contribution in [0.5, 0.6) is 0 Å². The summed E-state index contributed by atoms with van der Waals surface area (Å²) >= 11 is 0. The SMILES string of the molecule is CCCC(CCN)CCC(=O)Nc1ccc(F)cc1C#N. The molecule has 5 heteroatoms. The maximum atomic E-state index is 13.0. The zero-order chi connectivity index (χ0) is 15.7. The molecule has 0 fully saturated rings. The molecule has 4 nitrogen and oxygen atoms in total. The van der Waals surface area contributed by atoms with Crippen molar-refractivity contribution in [2.45, 2.75) is 39.0 Å². The lowest BCUT2D eigenvalue weighted by molar-refractivity contribution is -0.116. The van der Waals surface area contributed by atoms with Gasteiger partial charge in [-0.15, -0.1) is 0 Å². The standard InChI is InChI=1S/C16H22FN3O/c1-2-3-12(8-9-18)4-7-16(21)20-15-6-5-14(17)10-13(15)11-19/h5-6,10,12H,2-4,7-9,18H2,1H3,(H,20,21).